The lowest BCUT2D eigenvalue weighted by atomic mass is 9.93. The van der Waals surface area contributed by atoms with E-state index in [1.807, 2.05) is 6.07 Å². The van der Waals surface area contributed by atoms with E-state index in [2.05, 4.69) is 11.1 Å². The number of methoxy groups -OCH3 is 1. The molecule has 5 rings (SSSR count). The summed E-state index contributed by atoms with van der Waals surface area (Å²) in [5, 5.41) is 20.1. The van der Waals surface area contributed by atoms with Crippen molar-refractivity contribution in [3.05, 3.63) is 50.1 Å². The molecule has 3 N–H and O–H groups in total. The summed E-state index contributed by atoms with van der Waals surface area (Å²) in [5.41, 5.74) is 2.70. The number of H-pyrrole nitrogens is 1. The first-order valence-corrected chi connectivity index (χ1v) is 10.6. The number of nitrogens with one attached hydrogen (secondary N) is 1. The second-order valence-corrected chi connectivity index (χ2v) is 8.94. The minimum absolute atomic E-state index is 0.274. The van der Waals surface area contributed by atoms with Crippen molar-refractivity contribution in [1.82, 2.24) is 4.98 Å². The number of pyridine rings is 1. The van der Waals surface area contributed by atoms with E-state index in [9.17, 15) is 19.8 Å². The Morgan fingerprint density at radius 3 is 2.69 bits per heavy atom. The van der Waals surface area contributed by atoms with Crippen molar-refractivity contribution in [3.8, 4) is 16.2 Å². The van der Waals surface area contributed by atoms with Crippen molar-refractivity contribution in [2.24, 2.45) is 0 Å². The average molecular weight is 411 g/mol. The number of aromatic carboxylic acids is 1. The number of aromatic nitrogens is 1. The average Bonchev–Trinajstić information content (AvgIpc) is 3.45. The maximum Gasteiger partial charge on any atom is 0.341 e. The molecule has 2 aliphatic carbocycles. The highest BCUT2D eigenvalue weighted by Gasteiger charge is 2.32. The van der Waals surface area contributed by atoms with E-state index in [0.29, 0.717) is 22.6 Å². The second-order valence-electron chi connectivity index (χ2n) is 7.80. The maximum atomic E-state index is 12.8. The van der Waals surface area contributed by atoms with E-state index in [1.165, 1.54) is 11.1 Å². The number of thiophene rings is 1. The molecule has 0 radical (unpaired) electrons. The van der Waals surface area contributed by atoms with Crippen molar-refractivity contribution < 1.29 is 19.7 Å². The third-order valence-corrected chi connectivity index (χ3v) is 7.17. The zero-order valence-corrected chi connectivity index (χ0v) is 16.8. The second kappa shape index (κ2) is 6.71. The molecule has 0 aliphatic heterocycles. The standard InChI is InChI=1S/C22H21NO5S/c1-28-21-18(17-8-12-15(24)3-2-4-16(12)29-17)11(10-5-6-10)7-13-19(21)23-9-14(20(13)25)22(26)27/h7-10,15,24H,2-6H2,1H3,(H,23,25)(H,26,27). The van der Waals surface area contributed by atoms with Crippen molar-refractivity contribution >= 4 is 28.2 Å². The molecule has 3 aromatic rings. The number of aliphatic hydroxyl groups is 1. The number of aromatic amines is 1. The Bertz CT molecular complexity index is 1200. The Balaban J connectivity index is 1.81. The lowest BCUT2D eigenvalue weighted by Crippen LogP contribution is -2.16. The van der Waals surface area contributed by atoms with E-state index in [4.69, 9.17) is 4.74 Å². The van der Waals surface area contributed by atoms with Gasteiger partial charge in [-0.2, -0.15) is 0 Å². The fourth-order valence-electron chi connectivity index (χ4n) is 4.34. The first kappa shape index (κ1) is 18.4. The number of carbonyl (C=O) groups is 1. The maximum absolute atomic E-state index is 12.8. The van der Waals surface area contributed by atoms with Crippen LogP contribution in [0.4, 0.5) is 0 Å². The number of hydrogen-bond donors (Lipinski definition) is 3. The molecular formula is C22H21NO5S. The van der Waals surface area contributed by atoms with E-state index in [-0.39, 0.29) is 5.56 Å². The van der Waals surface area contributed by atoms with Gasteiger partial charge in [-0.3, -0.25) is 4.79 Å². The van der Waals surface area contributed by atoms with Crippen LogP contribution in [0.3, 0.4) is 0 Å². The summed E-state index contributed by atoms with van der Waals surface area (Å²) in [4.78, 5) is 29.4. The van der Waals surface area contributed by atoms with Gasteiger partial charge in [0.15, 0.2) is 5.75 Å². The van der Waals surface area contributed by atoms with Gasteiger partial charge in [-0.05, 0) is 61.3 Å². The molecule has 0 spiro atoms. The molecule has 1 aromatic carbocycles. The van der Waals surface area contributed by atoms with Gasteiger partial charge in [-0.25, -0.2) is 4.79 Å². The Morgan fingerprint density at radius 1 is 1.24 bits per heavy atom. The number of benzene rings is 1. The normalized spacial score (nSPS) is 18.6. The summed E-state index contributed by atoms with van der Waals surface area (Å²) in [6, 6.07) is 3.90. The van der Waals surface area contributed by atoms with Crippen LogP contribution in [0.15, 0.2) is 23.1 Å². The fraction of sp³-hybridized carbons (Fsp3) is 0.364. The predicted molar refractivity (Wildman–Crippen MR) is 111 cm³/mol. The fourth-order valence-corrected chi connectivity index (χ4v) is 5.67. The van der Waals surface area contributed by atoms with Crippen LogP contribution < -0.4 is 10.2 Å². The van der Waals surface area contributed by atoms with Crippen LogP contribution >= 0.6 is 11.3 Å². The zero-order chi connectivity index (χ0) is 20.3. The quantitative estimate of drug-likeness (QED) is 0.597. The third-order valence-electron chi connectivity index (χ3n) is 5.94. The van der Waals surface area contributed by atoms with E-state index in [0.717, 1.165) is 53.7 Å². The summed E-state index contributed by atoms with van der Waals surface area (Å²) < 4.78 is 5.77. The summed E-state index contributed by atoms with van der Waals surface area (Å²) in [6.45, 7) is 0. The number of aryl methyl sites for hydroxylation is 1. The third kappa shape index (κ3) is 2.88. The van der Waals surface area contributed by atoms with Gasteiger partial charge >= 0.3 is 5.97 Å². The van der Waals surface area contributed by atoms with E-state index in [1.54, 1.807) is 18.4 Å². The Hall–Kier alpha value is -2.64. The summed E-state index contributed by atoms with van der Waals surface area (Å²) in [5.74, 6) is -0.351. The minimum Gasteiger partial charge on any atom is -0.494 e. The van der Waals surface area contributed by atoms with Gasteiger partial charge in [0.25, 0.3) is 0 Å². The van der Waals surface area contributed by atoms with Crippen LogP contribution in [0.25, 0.3) is 21.3 Å². The number of ether oxygens (including phenoxy) is 1. The topological polar surface area (TPSA) is 99.6 Å². The van der Waals surface area contributed by atoms with Crippen molar-refractivity contribution in [3.63, 3.8) is 0 Å². The molecule has 1 fully saturated rings. The monoisotopic (exact) mass is 411 g/mol. The van der Waals surface area contributed by atoms with Gasteiger partial charge in [0, 0.05) is 21.5 Å². The molecule has 6 nitrogen and oxygen atoms in total. The summed E-state index contributed by atoms with van der Waals surface area (Å²) in [7, 11) is 1.57. The molecule has 1 saturated carbocycles. The minimum atomic E-state index is -1.25. The molecule has 2 aromatic heterocycles. The Labute approximate surface area is 170 Å². The van der Waals surface area contributed by atoms with Gasteiger partial charge in [0.2, 0.25) is 5.43 Å². The van der Waals surface area contributed by atoms with E-state index < -0.39 is 17.5 Å². The molecule has 1 unspecified atom stereocenters. The van der Waals surface area contributed by atoms with Crippen LogP contribution in [0.1, 0.15) is 64.1 Å². The molecule has 2 heterocycles. The summed E-state index contributed by atoms with van der Waals surface area (Å²) >= 11 is 1.68. The lowest BCUT2D eigenvalue weighted by Gasteiger charge is -2.16. The predicted octanol–water partition coefficient (Wildman–Crippen LogP) is 4.21. The Kier molecular flexibility index (Phi) is 4.26. The smallest absolute Gasteiger partial charge is 0.341 e. The zero-order valence-electron chi connectivity index (χ0n) is 15.9. The van der Waals surface area contributed by atoms with Gasteiger partial charge in [0.05, 0.1) is 24.1 Å². The van der Waals surface area contributed by atoms with Crippen molar-refractivity contribution in [1.29, 1.82) is 0 Å². The van der Waals surface area contributed by atoms with Gasteiger partial charge < -0.3 is 19.9 Å². The molecule has 150 valence electrons. The van der Waals surface area contributed by atoms with Crippen LogP contribution in [-0.2, 0) is 6.42 Å². The number of rotatable bonds is 4. The van der Waals surface area contributed by atoms with E-state index >= 15 is 0 Å². The molecule has 7 heteroatoms. The van der Waals surface area contributed by atoms with Gasteiger partial charge in [-0.1, -0.05) is 0 Å². The van der Waals surface area contributed by atoms with Crippen LogP contribution in [0.5, 0.6) is 5.75 Å². The molecule has 29 heavy (non-hydrogen) atoms. The lowest BCUT2D eigenvalue weighted by molar-refractivity contribution is 0.0695. The van der Waals surface area contributed by atoms with Crippen molar-refractivity contribution in [2.75, 3.05) is 7.11 Å². The first-order chi connectivity index (χ1) is 14.0. The molecule has 0 bridgehead atoms. The SMILES string of the molecule is COc1c(-c2cc3c(s2)CCCC3O)c(C2CC2)cc2c(=O)c(C(=O)O)c[nH]c12. The van der Waals surface area contributed by atoms with Crippen LogP contribution in [0, 0.1) is 0 Å². The number of aliphatic hydroxyl groups excluding tert-OH is 1. The number of carboxylic acids is 1. The molecule has 0 saturated heterocycles. The molecule has 1 atom stereocenters. The highest BCUT2D eigenvalue weighted by Crippen LogP contribution is 2.52. The van der Waals surface area contributed by atoms with Gasteiger partial charge in [-0.15, -0.1) is 11.3 Å². The van der Waals surface area contributed by atoms with Crippen LogP contribution in [-0.4, -0.2) is 28.3 Å². The molecule has 0 amide bonds. The van der Waals surface area contributed by atoms with Crippen molar-refractivity contribution in [2.45, 2.75) is 44.1 Å². The Morgan fingerprint density at radius 2 is 2.03 bits per heavy atom. The number of fused-ring (bicyclic) bond motifs is 2. The number of hydrogen-bond acceptors (Lipinski definition) is 5. The first-order valence-electron chi connectivity index (χ1n) is 9.80. The summed E-state index contributed by atoms with van der Waals surface area (Å²) in [6.07, 6.45) is 5.59. The highest BCUT2D eigenvalue weighted by molar-refractivity contribution is 7.15. The number of carboxylic acid groups (broad SMARTS) is 1. The largest absolute Gasteiger partial charge is 0.494 e. The van der Waals surface area contributed by atoms with Gasteiger partial charge in [0.1, 0.15) is 5.56 Å². The molecule has 2 aliphatic rings. The molecular weight excluding hydrogens is 390 g/mol. The van der Waals surface area contributed by atoms with Crippen LogP contribution in [0.2, 0.25) is 0 Å². The highest BCUT2D eigenvalue weighted by atomic mass is 32.1.